The number of carbonyl (C=O) groups excluding carboxylic acids is 1. The highest BCUT2D eigenvalue weighted by Gasteiger charge is 2.45. The molecule has 1 heterocycles. The van der Waals surface area contributed by atoms with Gasteiger partial charge in [0.2, 0.25) is 0 Å². The second kappa shape index (κ2) is 7.98. The van der Waals surface area contributed by atoms with Gasteiger partial charge in [-0.25, -0.2) is 0 Å². The zero-order valence-corrected chi connectivity index (χ0v) is 15.8. The predicted octanol–water partition coefficient (Wildman–Crippen LogP) is 2.25. The molecule has 2 aromatic rings. The molecule has 1 aliphatic heterocycles. The van der Waals surface area contributed by atoms with Crippen LogP contribution in [0.1, 0.15) is 24.2 Å². The fraction of sp³-hybridized carbons (Fsp3) is 0.381. The topological polar surface area (TPSA) is 77.0 Å². The molecular weight excluding hydrogens is 346 g/mol. The maximum atomic E-state index is 12.8. The van der Waals surface area contributed by atoms with Crippen molar-refractivity contribution in [3.63, 3.8) is 0 Å². The zero-order chi connectivity index (χ0) is 19.4. The minimum absolute atomic E-state index is 0.144. The van der Waals surface area contributed by atoms with Gasteiger partial charge in [-0.15, -0.1) is 0 Å². The van der Waals surface area contributed by atoms with Crippen LogP contribution in [0.5, 0.6) is 11.5 Å². The molecule has 144 valence electrons. The molecule has 0 bridgehead atoms. The number of aliphatic hydroxyl groups is 1. The van der Waals surface area contributed by atoms with E-state index in [4.69, 9.17) is 14.2 Å². The van der Waals surface area contributed by atoms with Gasteiger partial charge in [0.25, 0.3) is 0 Å². The summed E-state index contributed by atoms with van der Waals surface area (Å²) in [5, 5.41) is 13.2. The normalized spacial score (nSPS) is 25.0. The van der Waals surface area contributed by atoms with Crippen LogP contribution in [0.25, 0.3) is 0 Å². The summed E-state index contributed by atoms with van der Waals surface area (Å²) >= 11 is 0. The number of cyclic esters (lactones) is 1. The molecule has 0 aromatic heterocycles. The summed E-state index contributed by atoms with van der Waals surface area (Å²) in [6.07, 6.45) is -0.133. The lowest BCUT2D eigenvalue weighted by Gasteiger charge is -2.42. The van der Waals surface area contributed by atoms with E-state index in [1.165, 1.54) is 0 Å². The van der Waals surface area contributed by atoms with Crippen LogP contribution < -0.4 is 14.8 Å². The predicted molar refractivity (Wildman–Crippen MR) is 101 cm³/mol. The van der Waals surface area contributed by atoms with Gasteiger partial charge in [-0.1, -0.05) is 36.4 Å². The third kappa shape index (κ3) is 3.91. The number of morpholine rings is 1. The van der Waals surface area contributed by atoms with E-state index >= 15 is 0 Å². The van der Waals surface area contributed by atoms with E-state index in [9.17, 15) is 9.90 Å². The minimum Gasteiger partial charge on any atom is -0.493 e. The average Bonchev–Trinajstić information content (AvgIpc) is 2.70. The van der Waals surface area contributed by atoms with Crippen molar-refractivity contribution in [2.45, 2.75) is 31.0 Å². The Bertz CT molecular complexity index is 794. The number of hydrogen-bond donors (Lipinski definition) is 2. The van der Waals surface area contributed by atoms with Crippen LogP contribution in [-0.2, 0) is 16.0 Å². The molecule has 6 nitrogen and oxygen atoms in total. The van der Waals surface area contributed by atoms with E-state index in [2.05, 4.69) is 5.32 Å². The summed E-state index contributed by atoms with van der Waals surface area (Å²) in [5.41, 5.74) is 0.790. The van der Waals surface area contributed by atoms with E-state index in [-0.39, 0.29) is 12.6 Å². The van der Waals surface area contributed by atoms with Crippen LogP contribution in [0.2, 0.25) is 0 Å². The van der Waals surface area contributed by atoms with Gasteiger partial charge >= 0.3 is 5.97 Å². The maximum Gasteiger partial charge on any atom is 0.327 e. The van der Waals surface area contributed by atoms with Gasteiger partial charge in [0, 0.05) is 6.42 Å². The standard InChI is InChI=1S/C21H25NO5/c1-21(12-14-9-10-17(25-2)18(11-14)26-3)20(24)27-19(16(13-23)22-21)15-7-5-4-6-8-15/h4-11,16,19,22-23H,12-13H2,1-3H3/t16-,19-,21+/m1/s1. The molecule has 1 saturated heterocycles. The molecule has 27 heavy (non-hydrogen) atoms. The molecule has 0 saturated carbocycles. The van der Waals surface area contributed by atoms with Crippen LogP contribution in [0.15, 0.2) is 48.5 Å². The van der Waals surface area contributed by atoms with Crippen molar-refractivity contribution in [2.75, 3.05) is 20.8 Å². The first-order valence-electron chi connectivity index (χ1n) is 8.86. The molecule has 0 aliphatic carbocycles. The van der Waals surface area contributed by atoms with Gasteiger partial charge in [-0.05, 0) is 30.2 Å². The first kappa shape index (κ1) is 19.2. The van der Waals surface area contributed by atoms with Gasteiger partial charge in [-0.2, -0.15) is 0 Å². The molecular formula is C21H25NO5. The lowest BCUT2D eigenvalue weighted by Crippen LogP contribution is -2.63. The van der Waals surface area contributed by atoms with Gasteiger partial charge in [0.1, 0.15) is 11.6 Å². The first-order valence-corrected chi connectivity index (χ1v) is 8.86. The number of esters is 1. The number of benzene rings is 2. The van der Waals surface area contributed by atoms with Gasteiger partial charge in [-0.3, -0.25) is 10.1 Å². The highest BCUT2D eigenvalue weighted by Crippen LogP contribution is 2.33. The quantitative estimate of drug-likeness (QED) is 0.759. The summed E-state index contributed by atoms with van der Waals surface area (Å²) in [4.78, 5) is 12.8. The number of ether oxygens (including phenoxy) is 3. The Morgan fingerprint density at radius 3 is 2.44 bits per heavy atom. The minimum atomic E-state index is -0.960. The van der Waals surface area contributed by atoms with E-state index in [0.29, 0.717) is 17.9 Å². The average molecular weight is 371 g/mol. The molecule has 0 spiro atoms. The summed E-state index contributed by atoms with van der Waals surface area (Å²) in [6, 6.07) is 14.6. The Morgan fingerprint density at radius 2 is 1.81 bits per heavy atom. The van der Waals surface area contributed by atoms with Crippen LogP contribution in [0.4, 0.5) is 0 Å². The second-order valence-corrected chi connectivity index (χ2v) is 6.87. The molecule has 1 fully saturated rings. The molecule has 6 heteroatoms. The molecule has 0 amide bonds. The molecule has 2 aromatic carbocycles. The van der Waals surface area contributed by atoms with Gasteiger partial charge in [0.05, 0.1) is 26.9 Å². The number of rotatable bonds is 6. The van der Waals surface area contributed by atoms with Crippen molar-refractivity contribution in [2.24, 2.45) is 0 Å². The highest BCUT2D eigenvalue weighted by atomic mass is 16.6. The summed E-state index contributed by atoms with van der Waals surface area (Å²) < 4.78 is 16.3. The molecule has 3 rings (SSSR count). The summed E-state index contributed by atoms with van der Waals surface area (Å²) in [7, 11) is 3.15. The van der Waals surface area contributed by atoms with E-state index in [1.807, 2.05) is 48.5 Å². The Balaban J connectivity index is 1.83. The third-order valence-corrected chi connectivity index (χ3v) is 4.88. The zero-order valence-electron chi connectivity index (χ0n) is 15.8. The van der Waals surface area contributed by atoms with Crippen molar-refractivity contribution in [3.05, 3.63) is 59.7 Å². The SMILES string of the molecule is COc1ccc(C[C@]2(C)N[C@H](CO)[C@@H](c3ccccc3)OC2=O)cc1OC. The van der Waals surface area contributed by atoms with Crippen LogP contribution in [-0.4, -0.2) is 43.5 Å². The Hall–Kier alpha value is -2.57. The Labute approximate surface area is 159 Å². The van der Waals surface area contributed by atoms with Crippen molar-refractivity contribution in [1.29, 1.82) is 0 Å². The van der Waals surface area contributed by atoms with Gasteiger partial charge in [0.15, 0.2) is 11.5 Å². The molecule has 3 atom stereocenters. The van der Waals surface area contributed by atoms with Crippen molar-refractivity contribution in [3.8, 4) is 11.5 Å². The van der Waals surface area contributed by atoms with Crippen molar-refractivity contribution >= 4 is 5.97 Å². The highest BCUT2D eigenvalue weighted by molar-refractivity contribution is 5.82. The monoisotopic (exact) mass is 371 g/mol. The molecule has 0 radical (unpaired) electrons. The smallest absolute Gasteiger partial charge is 0.327 e. The number of hydrogen-bond acceptors (Lipinski definition) is 6. The van der Waals surface area contributed by atoms with Crippen molar-refractivity contribution in [1.82, 2.24) is 5.32 Å². The summed E-state index contributed by atoms with van der Waals surface area (Å²) in [5.74, 6) is 0.877. The second-order valence-electron chi connectivity index (χ2n) is 6.87. The molecule has 2 N–H and O–H groups in total. The first-order chi connectivity index (χ1) is 13.0. The lowest BCUT2D eigenvalue weighted by molar-refractivity contribution is -0.169. The number of carbonyl (C=O) groups is 1. The van der Waals surface area contributed by atoms with Crippen LogP contribution in [0, 0.1) is 0 Å². The van der Waals surface area contributed by atoms with Gasteiger partial charge < -0.3 is 19.3 Å². The largest absolute Gasteiger partial charge is 0.493 e. The molecule has 0 unspecified atom stereocenters. The van der Waals surface area contributed by atoms with Crippen LogP contribution >= 0.6 is 0 Å². The fourth-order valence-electron chi connectivity index (χ4n) is 3.48. The van der Waals surface area contributed by atoms with Crippen LogP contribution in [0.3, 0.4) is 0 Å². The Kier molecular flexibility index (Phi) is 5.68. The number of nitrogens with one attached hydrogen (secondary N) is 1. The fourth-order valence-corrected chi connectivity index (χ4v) is 3.48. The van der Waals surface area contributed by atoms with E-state index < -0.39 is 17.7 Å². The Morgan fingerprint density at radius 1 is 1.11 bits per heavy atom. The lowest BCUT2D eigenvalue weighted by atomic mass is 9.87. The maximum absolute atomic E-state index is 12.8. The third-order valence-electron chi connectivity index (χ3n) is 4.88. The van der Waals surface area contributed by atoms with Crippen molar-refractivity contribution < 1.29 is 24.1 Å². The number of aliphatic hydroxyl groups excluding tert-OH is 1. The summed E-state index contributed by atoms with van der Waals surface area (Å²) in [6.45, 7) is 1.64. The van der Waals surface area contributed by atoms with E-state index in [0.717, 1.165) is 11.1 Å². The van der Waals surface area contributed by atoms with E-state index in [1.54, 1.807) is 21.1 Å². The molecule has 1 aliphatic rings. The number of methoxy groups -OCH3 is 2.